The van der Waals surface area contributed by atoms with Crippen LogP contribution in [0, 0.1) is 17.8 Å². The molecule has 0 bridgehead atoms. The van der Waals surface area contributed by atoms with Crippen LogP contribution in [0.5, 0.6) is 0 Å². The van der Waals surface area contributed by atoms with Crippen molar-refractivity contribution in [1.82, 2.24) is 0 Å². The molecule has 1 N–H and O–H groups in total. The zero-order chi connectivity index (χ0) is 13.1. The molecule has 0 amide bonds. The number of rotatable bonds is 8. The molecule has 0 fully saturated rings. The lowest BCUT2D eigenvalue weighted by atomic mass is 9.97. The molecule has 2 unspecified atom stereocenters. The molecule has 98 valence electrons. The fourth-order valence-electron chi connectivity index (χ4n) is 1.65. The third-order valence-corrected chi connectivity index (χ3v) is 2.58. The molecular formula is C14H24O3. The lowest BCUT2D eigenvalue weighted by Crippen LogP contribution is -2.28. The van der Waals surface area contributed by atoms with E-state index in [4.69, 9.17) is 4.74 Å². The van der Waals surface area contributed by atoms with Crippen molar-refractivity contribution in [2.24, 2.45) is 5.92 Å². The maximum absolute atomic E-state index is 11.6. The van der Waals surface area contributed by atoms with Gasteiger partial charge in [-0.3, -0.25) is 4.79 Å². The Kier molecular flexibility index (Phi) is 9.56. The van der Waals surface area contributed by atoms with Crippen molar-refractivity contribution in [2.45, 2.75) is 59.0 Å². The first-order valence-corrected chi connectivity index (χ1v) is 6.44. The SMILES string of the molecule is CC#CC(C(=O)OCC)C(O)CCCCCC. The second-order valence-corrected chi connectivity index (χ2v) is 4.04. The minimum Gasteiger partial charge on any atom is -0.465 e. The summed E-state index contributed by atoms with van der Waals surface area (Å²) in [6.45, 7) is 5.88. The van der Waals surface area contributed by atoms with Crippen LogP contribution in [0.3, 0.4) is 0 Å². The molecule has 0 aliphatic rings. The maximum Gasteiger partial charge on any atom is 0.323 e. The van der Waals surface area contributed by atoms with E-state index in [9.17, 15) is 9.90 Å². The molecule has 0 saturated heterocycles. The minimum atomic E-state index is -0.710. The van der Waals surface area contributed by atoms with Gasteiger partial charge in [0.25, 0.3) is 0 Å². The number of hydrogen-bond donors (Lipinski definition) is 1. The fraction of sp³-hybridized carbons (Fsp3) is 0.786. The van der Waals surface area contributed by atoms with Gasteiger partial charge in [0.05, 0.1) is 12.7 Å². The maximum atomic E-state index is 11.6. The Labute approximate surface area is 105 Å². The molecule has 2 atom stereocenters. The van der Waals surface area contributed by atoms with E-state index in [0.29, 0.717) is 13.0 Å². The van der Waals surface area contributed by atoms with Gasteiger partial charge in [-0.25, -0.2) is 0 Å². The van der Waals surface area contributed by atoms with Crippen molar-refractivity contribution in [3.63, 3.8) is 0 Å². The third-order valence-electron chi connectivity index (χ3n) is 2.58. The molecule has 0 saturated carbocycles. The van der Waals surface area contributed by atoms with E-state index in [1.165, 1.54) is 0 Å². The largest absolute Gasteiger partial charge is 0.465 e. The van der Waals surface area contributed by atoms with Gasteiger partial charge in [0, 0.05) is 0 Å². The van der Waals surface area contributed by atoms with Crippen LogP contribution in [0.1, 0.15) is 52.9 Å². The molecule has 0 aliphatic heterocycles. The predicted molar refractivity (Wildman–Crippen MR) is 68.3 cm³/mol. The topological polar surface area (TPSA) is 46.5 Å². The van der Waals surface area contributed by atoms with Gasteiger partial charge in [0.1, 0.15) is 5.92 Å². The van der Waals surface area contributed by atoms with Crippen LogP contribution in [-0.4, -0.2) is 23.8 Å². The summed E-state index contributed by atoms with van der Waals surface area (Å²) in [4.78, 5) is 11.6. The van der Waals surface area contributed by atoms with Crippen LogP contribution in [0.25, 0.3) is 0 Å². The summed E-state index contributed by atoms with van der Waals surface area (Å²) in [5.74, 6) is 4.31. The number of esters is 1. The number of carbonyl (C=O) groups excluding carboxylic acids is 1. The van der Waals surface area contributed by atoms with E-state index in [1.807, 2.05) is 0 Å². The van der Waals surface area contributed by atoms with Gasteiger partial charge in [-0.1, -0.05) is 38.5 Å². The molecule has 0 radical (unpaired) electrons. The summed E-state index contributed by atoms with van der Waals surface area (Å²) in [6.07, 6.45) is 4.23. The second kappa shape index (κ2) is 10.2. The second-order valence-electron chi connectivity index (χ2n) is 4.04. The summed E-state index contributed by atoms with van der Waals surface area (Å²) in [5, 5.41) is 9.93. The van der Waals surface area contributed by atoms with Gasteiger partial charge in [0.15, 0.2) is 0 Å². The highest BCUT2D eigenvalue weighted by atomic mass is 16.5. The molecule has 0 aromatic carbocycles. The summed E-state index contributed by atoms with van der Waals surface area (Å²) >= 11 is 0. The van der Waals surface area contributed by atoms with Crippen LogP contribution in [0.2, 0.25) is 0 Å². The summed E-state index contributed by atoms with van der Waals surface area (Å²) in [5.41, 5.74) is 0. The minimum absolute atomic E-state index is 0.323. The van der Waals surface area contributed by atoms with Crippen molar-refractivity contribution in [1.29, 1.82) is 0 Å². The van der Waals surface area contributed by atoms with E-state index in [2.05, 4.69) is 18.8 Å². The van der Waals surface area contributed by atoms with E-state index in [0.717, 1.165) is 25.7 Å². The molecule has 3 heteroatoms. The van der Waals surface area contributed by atoms with Crippen molar-refractivity contribution in [3.8, 4) is 11.8 Å². The van der Waals surface area contributed by atoms with Gasteiger partial charge < -0.3 is 9.84 Å². The van der Waals surface area contributed by atoms with Crippen LogP contribution >= 0.6 is 0 Å². The number of aliphatic hydroxyl groups excluding tert-OH is 1. The highest BCUT2D eigenvalue weighted by Crippen LogP contribution is 2.14. The zero-order valence-electron chi connectivity index (χ0n) is 11.2. The number of hydrogen-bond acceptors (Lipinski definition) is 3. The average Bonchev–Trinajstić information content (AvgIpc) is 2.31. The van der Waals surface area contributed by atoms with Crippen LogP contribution in [0.4, 0.5) is 0 Å². The Hall–Kier alpha value is -1.01. The quantitative estimate of drug-likeness (QED) is 0.403. The van der Waals surface area contributed by atoms with Gasteiger partial charge in [-0.2, -0.15) is 0 Å². The molecular weight excluding hydrogens is 216 g/mol. The van der Waals surface area contributed by atoms with Crippen molar-refractivity contribution >= 4 is 5.97 Å². The van der Waals surface area contributed by atoms with E-state index < -0.39 is 18.0 Å². The lowest BCUT2D eigenvalue weighted by Gasteiger charge is -2.16. The Balaban J connectivity index is 4.18. The number of carbonyl (C=O) groups is 1. The smallest absolute Gasteiger partial charge is 0.323 e. The molecule has 0 rings (SSSR count). The highest BCUT2D eigenvalue weighted by Gasteiger charge is 2.25. The van der Waals surface area contributed by atoms with Crippen molar-refractivity contribution in [3.05, 3.63) is 0 Å². The van der Waals surface area contributed by atoms with E-state index in [1.54, 1.807) is 13.8 Å². The van der Waals surface area contributed by atoms with Gasteiger partial charge in [-0.15, -0.1) is 5.92 Å². The normalized spacial score (nSPS) is 13.4. The van der Waals surface area contributed by atoms with Crippen molar-refractivity contribution < 1.29 is 14.6 Å². The first-order valence-electron chi connectivity index (χ1n) is 6.44. The first-order chi connectivity index (χ1) is 8.17. The summed E-state index contributed by atoms with van der Waals surface area (Å²) < 4.78 is 4.90. The summed E-state index contributed by atoms with van der Waals surface area (Å²) in [6, 6.07) is 0. The molecule has 0 aromatic rings. The molecule has 3 nitrogen and oxygen atoms in total. The average molecular weight is 240 g/mol. The van der Waals surface area contributed by atoms with E-state index in [-0.39, 0.29) is 0 Å². The van der Waals surface area contributed by atoms with Gasteiger partial charge in [0.2, 0.25) is 0 Å². The van der Waals surface area contributed by atoms with Gasteiger partial charge in [-0.05, 0) is 20.3 Å². The van der Waals surface area contributed by atoms with Gasteiger partial charge >= 0.3 is 5.97 Å². The van der Waals surface area contributed by atoms with Crippen LogP contribution in [-0.2, 0) is 9.53 Å². The number of unbranched alkanes of at least 4 members (excludes halogenated alkanes) is 3. The van der Waals surface area contributed by atoms with E-state index >= 15 is 0 Å². The Morgan fingerprint density at radius 3 is 2.53 bits per heavy atom. The third kappa shape index (κ3) is 7.01. The molecule has 0 spiro atoms. The standard InChI is InChI=1S/C14H24O3/c1-4-7-8-9-11-13(15)12(10-5-2)14(16)17-6-3/h12-13,15H,4,6-9,11H2,1-3H3. The Bertz CT molecular complexity index is 262. The summed E-state index contributed by atoms with van der Waals surface area (Å²) in [7, 11) is 0. The van der Waals surface area contributed by atoms with Crippen LogP contribution < -0.4 is 0 Å². The monoisotopic (exact) mass is 240 g/mol. The van der Waals surface area contributed by atoms with Crippen molar-refractivity contribution in [2.75, 3.05) is 6.61 Å². The molecule has 0 aromatic heterocycles. The Morgan fingerprint density at radius 2 is 2.00 bits per heavy atom. The number of ether oxygens (including phenoxy) is 1. The molecule has 0 heterocycles. The highest BCUT2D eigenvalue weighted by molar-refractivity contribution is 5.76. The lowest BCUT2D eigenvalue weighted by molar-refractivity contribution is -0.149. The fourth-order valence-corrected chi connectivity index (χ4v) is 1.65. The molecule has 0 aliphatic carbocycles. The predicted octanol–water partition coefficient (Wildman–Crippen LogP) is 2.52. The number of aliphatic hydroxyl groups is 1. The Morgan fingerprint density at radius 1 is 1.29 bits per heavy atom. The molecule has 17 heavy (non-hydrogen) atoms. The zero-order valence-corrected chi connectivity index (χ0v) is 11.2. The first kappa shape index (κ1) is 16.0. The van der Waals surface area contributed by atoms with Crippen LogP contribution in [0.15, 0.2) is 0 Å².